The Bertz CT molecular complexity index is 47.7. The summed E-state index contributed by atoms with van der Waals surface area (Å²) in [5.41, 5.74) is 2.56. The van der Waals surface area contributed by atoms with Gasteiger partial charge in [0.15, 0.2) is 0 Å². The van der Waals surface area contributed by atoms with Gasteiger partial charge in [-0.3, -0.25) is 0 Å². The van der Waals surface area contributed by atoms with Gasteiger partial charge in [0, 0.05) is 0 Å². The second-order valence-electron chi connectivity index (χ2n) is 0.493. The smallest absolute Gasteiger partial charge is 1.00 e. The molecular weight excluding hydrogens is 225 g/mol. The molecule has 0 bridgehead atoms. The molecule has 0 amide bonds. The molecule has 0 aromatic heterocycles. The van der Waals surface area contributed by atoms with Crippen LogP contribution in [0.2, 0.25) is 0 Å². The summed E-state index contributed by atoms with van der Waals surface area (Å²) in [5, 5.41) is 0. The van der Waals surface area contributed by atoms with Crippen molar-refractivity contribution in [1.82, 2.24) is 0 Å². The topological polar surface area (TPSA) is 0 Å². The van der Waals surface area contributed by atoms with Gasteiger partial charge >= 0.3 is 20.4 Å². The van der Waals surface area contributed by atoms with Crippen LogP contribution in [0.1, 0.15) is 6.92 Å². The van der Waals surface area contributed by atoms with Crippen LogP contribution in [0.4, 0.5) is 0 Å². The fourth-order valence-electron chi connectivity index (χ4n) is 0. The first-order valence-electron chi connectivity index (χ1n) is 1.22. The van der Waals surface area contributed by atoms with Crippen molar-refractivity contribution in [3.05, 3.63) is 18.4 Å². The fourth-order valence-corrected chi connectivity index (χ4v) is 0. The second kappa shape index (κ2) is 29.4. The van der Waals surface area contributed by atoms with Crippen molar-refractivity contribution >= 4 is 0 Å². The maximum Gasteiger partial charge on any atom is 2.00 e. The summed E-state index contributed by atoms with van der Waals surface area (Å²) in [6, 6.07) is 0. The van der Waals surface area contributed by atoms with Gasteiger partial charge in [-0.1, -0.05) is 6.58 Å². The monoisotopic (exact) mass is 230 g/mol. The molecule has 0 radical (unpaired) electrons. The van der Waals surface area contributed by atoms with E-state index < -0.39 is 0 Å². The number of allylic oxidation sites excluding steroid dienone is 1. The summed E-state index contributed by atoms with van der Waals surface area (Å²) in [7, 11) is 0. The van der Waals surface area contributed by atoms with Gasteiger partial charge in [-0.2, -0.15) is 0 Å². The summed E-state index contributed by atoms with van der Waals surface area (Å²) in [6.07, 6.45) is 1.76. The van der Waals surface area contributed by atoms with Crippen LogP contribution in [-0.4, -0.2) is 0 Å². The van der Waals surface area contributed by atoms with E-state index in [1.165, 1.54) is 0 Å². The molecule has 0 aliphatic heterocycles. The zero-order chi connectivity index (χ0) is 3.41. The van der Waals surface area contributed by atoms with E-state index in [1.807, 2.05) is 6.92 Å². The number of halogens is 2. The third kappa shape index (κ3) is 49.4. The summed E-state index contributed by atoms with van der Waals surface area (Å²) >= 11 is 0. The summed E-state index contributed by atoms with van der Waals surface area (Å²) < 4.78 is 0. The van der Waals surface area contributed by atoms with Crippen LogP contribution in [0.15, 0.2) is 18.4 Å². The first-order valence-corrected chi connectivity index (χ1v) is 1.22. The Hall–Kier alpha value is 0.762. The van der Waals surface area contributed by atoms with Crippen molar-refractivity contribution in [2.75, 3.05) is 0 Å². The van der Waals surface area contributed by atoms with E-state index in [2.05, 4.69) is 12.3 Å². The molecule has 46 valence electrons. The van der Waals surface area contributed by atoms with Crippen molar-refractivity contribution in [3.63, 3.8) is 0 Å². The molecule has 0 saturated heterocycles. The zero-order valence-electron chi connectivity index (χ0n) is 3.86. The average molecular weight is 231 g/mol. The van der Waals surface area contributed by atoms with Gasteiger partial charge in [0.25, 0.3) is 0 Å². The molecule has 0 atom stereocenters. The van der Waals surface area contributed by atoms with Crippen LogP contribution < -0.4 is 24.8 Å². The van der Waals surface area contributed by atoms with Gasteiger partial charge < -0.3 is 24.8 Å². The number of hydrogen-bond donors (Lipinski definition) is 0. The predicted molar refractivity (Wildman–Crippen MR) is 19.4 cm³/mol. The molecule has 0 aromatic rings. The van der Waals surface area contributed by atoms with Crippen LogP contribution in [0.25, 0.3) is 0 Å². The van der Waals surface area contributed by atoms with Crippen LogP contribution >= 0.6 is 0 Å². The Kier molecular flexibility index (Phi) is 105. The van der Waals surface area contributed by atoms with E-state index in [0.29, 0.717) is 0 Å². The molecule has 0 heterocycles. The van der Waals surface area contributed by atoms with E-state index >= 15 is 0 Å². The van der Waals surface area contributed by atoms with Crippen LogP contribution in [0.5, 0.6) is 0 Å². The van der Waals surface area contributed by atoms with Crippen LogP contribution in [0, 0.1) is 0 Å². The predicted octanol–water partition coefficient (Wildman–Crippen LogP) is -4.65. The number of rotatable bonds is 0. The first-order chi connectivity index (χ1) is 1.91. The maximum atomic E-state index is 3.30. The molecule has 0 aliphatic carbocycles. The average Bonchev–Trinajstić information content (AvgIpc) is 1.37. The van der Waals surface area contributed by atoms with E-state index in [9.17, 15) is 0 Å². The van der Waals surface area contributed by atoms with Crippen molar-refractivity contribution in [3.8, 4) is 0 Å². The van der Waals surface area contributed by atoms with E-state index in [4.69, 9.17) is 0 Å². The molecule has 0 aromatic carbocycles. The largest absolute Gasteiger partial charge is 2.00 e. The van der Waals surface area contributed by atoms with E-state index in [1.54, 1.807) is 6.08 Å². The Morgan fingerprint density at radius 2 is 1.57 bits per heavy atom. The quantitative estimate of drug-likeness (QED) is 0.291. The van der Waals surface area contributed by atoms with Crippen molar-refractivity contribution in [1.29, 1.82) is 0 Å². The van der Waals surface area contributed by atoms with Gasteiger partial charge in [-0.25, -0.2) is 0 Å². The van der Waals surface area contributed by atoms with Crippen molar-refractivity contribution in [2.45, 2.75) is 6.92 Å². The van der Waals surface area contributed by atoms with E-state index in [-0.39, 0.29) is 45.2 Å². The van der Waals surface area contributed by atoms with Crippen molar-refractivity contribution in [2.24, 2.45) is 0 Å². The SMILES string of the molecule is C=C=CC.[Cl-].[Cl-].[Pd+2]. The van der Waals surface area contributed by atoms with Crippen LogP contribution in [0.3, 0.4) is 0 Å². The number of hydrogen-bond acceptors (Lipinski definition) is 0. The molecule has 0 saturated carbocycles. The minimum absolute atomic E-state index is 0. The first kappa shape index (κ1) is 25.1. The summed E-state index contributed by atoms with van der Waals surface area (Å²) in [5.74, 6) is 0. The molecule has 0 N–H and O–H groups in total. The summed E-state index contributed by atoms with van der Waals surface area (Å²) in [6.45, 7) is 5.18. The molecule has 0 nitrogen and oxygen atoms in total. The Morgan fingerprint density at radius 3 is 1.57 bits per heavy atom. The van der Waals surface area contributed by atoms with Crippen molar-refractivity contribution < 1.29 is 45.2 Å². The van der Waals surface area contributed by atoms with Gasteiger partial charge in [0.2, 0.25) is 0 Å². The van der Waals surface area contributed by atoms with Gasteiger partial charge in [0.1, 0.15) is 0 Å². The Balaban J connectivity index is -0.0000000150. The minimum atomic E-state index is 0. The molecule has 0 rings (SSSR count). The standard InChI is InChI=1S/C4H6.2ClH.Pd/c1-3-4-2;;;/h4H,1H2,2H3;2*1H;/q;;;+2/p-2. The summed E-state index contributed by atoms with van der Waals surface area (Å²) in [4.78, 5) is 0. The second-order valence-corrected chi connectivity index (χ2v) is 0.493. The van der Waals surface area contributed by atoms with Crippen LogP contribution in [-0.2, 0) is 20.4 Å². The Morgan fingerprint density at radius 1 is 1.43 bits per heavy atom. The molecular formula is C4H6Cl2Pd. The molecule has 0 fully saturated rings. The molecule has 7 heavy (non-hydrogen) atoms. The third-order valence-corrected chi connectivity index (χ3v) is 0.204. The Labute approximate surface area is 70.5 Å². The molecule has 0 unspecified atom stereocenters. The van der Waals surface area contributed by atoms with Gasteiger partial charge in [-0.05, 0) is 13.0 Å². The normalized spacial score (nSPS) is 2.43. The third-order valence-electron chi connectivity index (χ3n) is 0.204. The van der Waals surface area contributed by atoms with Gasteiger partial charge in [-0.15, -0.1) is 5.73 Å². The van der Waals surface area contributed by atoms with Gasteiger partial charge in [0.05, 0.1) is 0 Å². The fraction of sp³-hybridized carbons (Fsp3) is 0.250. The molecule has 3 heteroatoms. The molecule has 0 spiro atoms. The van der Waals surface area contributed by atoms with E-state index in [0.717, 1.165) is 0 Å². The molecule has 0 aliphatic rings. The zero-order valence-corrected chi connectivity index (χ0v) is 6.92. The maximum absolute atomic E-state index is 3.30. The minimum Gasteiger partial charge on any atom is -1.00 e.